The summed E-state index contributed by atoms with van der Waals surface area (Å²) in [7, 11) is -3.80. The number of nitrogens with zero attached hydrogens (tertiary/aromatic N) is 2. The number of carbonyl (C=O) groups excluding carboxylic acids is 2. The van der Waals surface area contributed by atoms with Crippen molar-refractivity contribution in [1.82, 2.24) is 10.2 Å². The van der Waals surface area contributed by atoms with Gasteiger partial charge in [-0.25, -0.2) is 8.42 Å². The second-order valence-corrected chi connectivity index (χ2v) is 11.8. The van der Waals surface area contributed by atoms with Gasteiger partial charge in [0.25, 0.3) is 0 Å². The van der Waals surface area contributed by atoms with Gasteiger partial charge in [0, 0.05) is 24.5 Å². The second kappa shape index (κ2) is 14.1. The van der Waals surface area contributed by atoms with Crippen molar-refractivity contribution in [3.63, 3.8) is 0 Å². The van der Waals surface area contributed by atoms with E-state index in [-0.39, 0.29) is 18.9 Å². The van der Waals surface area contributed by atoms with Crippen LogP contribution in [0.5, 0.6) is 0 Å². The maximum Gasteiger partial charge on any atom is 0.244 e. The van der Waals surface area contributed by atoms with Gasteiger partial charge in [0.2, 0.25) is 21.8 Å². The molecule has 0 bridgehead atoms. The predicted octanol–water partition coefficient (Wildman–Crippen LogP) is 4.83. The van der Waals surface area contributed by atoms with Crippen molar-refractivity contribution in [2.75, 3.05) is 23.7 Å². The molecule has 0 aromatic heterocycles. The van der Waals surface area contributed by atoms with Gasteiger partial charge >= 0.3 is 0 Å². The maximum absolute atomic E-state index is 14.0. The van der Waals surface area contributed by atoms with Gasteiger partial charge in [-0.1, -0.05) is 80.0 Å². The molecule has 1 atom stereocenters. The van der Waals surface area contributed by atoms with Crippen LogP contribution in [0.25, 0.3) is 0 Å². The molecular weight excluding hydrogens is 534 g/mol. The predicted molar refractivity (Wildman–Crippen MR) is 157 cm³/mol. The molecule has 3 aromatic carbocycles. The first-order chi connectivity index (χ1) is 18.6. The fraction of sp³-hybridized carbons (Fsp3) is 0.333. The molecule has 7 nitrogen and oxygen atoms in total. The van der Waals surface area contributed by atoms with E-state index in [4.69, 9.17) is 11.6 Å². The molecule has 0 fully saturated rings. The molecule has 1 N–H and O–H groups in total. The van der Waals surface area contributed by atoms with Crippen LogP contribution in [0.1, 0.15) is 37.0 Å². The average molecular weight is 570 g/mol. The van der Waals surface area contributed by atoms with Crippen LogP contribution in [0.4, 0.5) is 5.69 Å². The van der Waals surface area contributed by atoms with Crippen LogP contribution in [0, 0.1) is 0 Å². The van der Waals surface area contributed by atoms with Crippen LogP contribution < -0.4 is 9.62 Å². The van der Waals surface area contributed by atoms with E-state index in [9.17, 15) is 18.0 Å². The molecule has 39 heavy (non-hydrogen) atoms. The lowest BCUT2D eigenvalue weighted by Gasteiger charge is -2.33. The minimum Gasteiger partial charge on any atom is -0.354 e. The Labute approximate surface area is 236 Å². The standard InChI is InChI=1S/C30H36ClN3O4S/c1-4-18-32-30(36)28(20-24-10-7-6-8-11-24)33(21-25-12-9-13-26(31)19-25)29(35)22-34(39(3,37)38)27-16-14-23(5-2)15-17-27/h6-17,19,28H,4-5,18,20-22H2,1-3H3,(H,32,36)/t28-/m0/s1. The number of sulfonamides is 1. The van der Waals surface area contributed by atoms with Gasteiger partial charge in [0.15, 0.2) is 0 Å². The summed E-state index contributed by atoms with van der Waals surface area (Å²) in [5.41, 5.74) is 3.06. The van der Waals surface area contributed by atoms with E-state index in [0.717, 1.165) is 40.1 Å². The van der Waals surface area contributed by atoms with Crippen molar-refractivity contribution < 1.29 is 18.0 Å². The number of nitrogens with one attached hydrogen (secondary N) is 1. The topological polar surface area (TPSA) is 86.8 Å². The lowest BCUT2D eigenvalue weighted by molar-refractivity contribution is -0.140. The molecule has 0 aliphatic carbocycles. The molecule has 3 aromatic rings. The van der Waals surface area contributed by atoms with E-state index in [1.807, 2.05) is 62.4 Å². The summed E-state index contributed by atoms with van der Waals surface area (Å²) < 4.78 is 26.8. The molecular formula is C30H36ClN3O4S. The summed E-state index contributed by atoms with van der Waals surface area (Å²) in [5, 5.41) is 3.43. The Morgan fingerprint density at radius 3 is 2.15 bits per heavy atom. The molecule has 0 saturated heterocycles. The fourth-order valence-electron chi connectivity index (χ4n) is 4.26. The Morgan fingerprint density at radius 1 is 0.897 bits per heavy atom. The highest BCUT2D eigenvalue weighted by Crippen LogP contribution is 2.22. The number of carbonyl (C=O) groups is 2. The second-order valence-electron chi connectivity index (χ2n) is 9.44. The summed E-state index contributed by atoms with van der Waals surface area (Å²) in [6.07, 6.45) is 2.89. The number of rotatable bonds is 13. The minimum atomic E-state index is -3.80. The highest BCUT2D eigenvalue weighted by Gasteiger charge is 2.33. The van der Waals surface area contributed by atoms with E-state index < -0.39 is 28.5 Å². The number of amides is 2. The molecule has 3 rings (SSSR count). The van der Waals surface area contributed by atoms with Crippen molar-refractivity contribution in [3.05, 3.63) is 101 Å². The van der Waals surface area contributed by atoms with Crippen LogP contribution >= 0.6 is 11.6 Å². The first-order valence-electron chi connectivity index (χ1n) is 13.0. The van der Waals surface area contributed by atoms with E-state index in [1.54, 1.807) is 30.3 Å². The zero-order valence-corrected chi connectivity index (χ0v) is 24.2. The van der Waals surface area contributed by atoms with Gasteiger partial charge in [0.05, 0.1) is 11.9 Å². The third-order valence-electron chi connectivity index (χ3n) is 6.37. The largest absolute Gasteiger partial charge is 0.354 e. The van der Waals surface area contributed by atoms with Crippen molar-refractivity contribution >= 4 is 39.1 Å². The number of aryl methyl sites for hydroxylation is 1. The lowest BCUT2D eigenvalue weighted by atomic mass is 10.0. The number of anilines is 1. The first-order valence-corrected chi connectivity index (χ1v) is 15.3. The van der Waals surface area contributed by atoms with E-state index in [0.29, 0.717) is 17.3 Å². The third kappa shape index (κ3) is 8.83. The number of halogens is 1. The van der Waals surface area contributed by atoms with Crippen molar-refractivity contribution in [2.45, 2.75) is 45.7 Å². The molecule has 9 heteroatoms. The average Bonchev–Trinajstić information content (AvgIpc) is 2.92. The molecule has 0 saturated carbocycles. The quantitative estimate of drug-likeness (QED) is 0.319. The van der Waals surface area contributed by atoms with E-state index in [2.05, 4.69) is 5.32 Å². The van der Waals surface area contributed by atoms with Gasteiger partial charge < -0.3 is 10.2 Å². The van der Waals surface area contributed by atoms with Gasteiger partial charge in [-0.05, 0) is 53.8 Å². The van der Waals surface area contributed by atoms with Crippen LogP contribution in [-0.4, -0.2) is 50.5 Å². The fourth-order valence-corrected chi connectivity index (χ4v) is 5.33. The normalized spacial score (nSPS) is 12.0. The monoisotopic (exact) mass is 569 g/mol. The summed E-state index contributed by atoms with van der Waals surface area (Å²) in [6, 6.07) is 22.8. The van der Waals surface area contributed by atoms with Gasteiger partial charge in [-0.2, -0.15) is 0 Å². The maximum atomic E-state index is 14.0. The molecule has 0 spiro atoms. The molecule has 0 aliphatic rings. The van der Waals surface area contributed by atoms with Crippen LogP contribution in [-0.2, 0) is 39.0 Å². The van der Waals surface area contributed by atoms with Gasteiger partial charge in [-0.15, -0.1) is 0 Å². The van der Waals surface area contributed by atoms with Crippen LogP contribution in [0.15, 0.2) is 78.9 Å². The Hall–Kier alpha value is -3.36. The smallest absolute Gasteiger partial charge is 0.244 e. The molecule has 0 aliphatic heterocycles. The number of hydrogen-bond donors (Lipinski definition) is 1. The van der Waals surface area contributed by atoms with Crippen LogP contribution in [0.3, 0.4) is 0 Å². The highest BCUT2D eigenvalue weighted by molar-refractivity contribution is 7.92. The molecule has 0 unspecified atom stereocenters. The van der Waals surface area contributed by atoms with E-state index >= 15 is 0 Å². The molecule has 0 heterocycles. The highest BCUT2D eigenvalue weighted by atomic mass is 35.5. The minimum absolute atomic E-state index is 0.0861. The van der Waals surface area contributed by atoms with Crippen LogP contribution in [0.2, 0.25) is 5.02 Å². The van der Waals surface area contributed by atoms with Crippen molar-refractivity contribution in [1.29, 1.82) is 0 Å². The molecule has 208 valence electrons. The first kappa shape index (κ1) is 30.2. The van der Waals surface area contributed by atoms with E-state index in [1.165, 1.54) is 4.90 Å². The molecule has 2 amide bonds. The summed E-state index contributed by atoms with van der Waals surface area (Å²) in [5.74, 6) is -0.790. The zero-order chi connectivity index (χ0) is 28.4. The SMILES string of the molecule is CCCNC(=O)[C@H](Cc1ccccc1)N(Cc1cccc(Cl)c1)C(=O)CN(c1ccc(CC)cc1)S(C)(=O)=O. The van der Waals surface area contributed by atoms with Gasteiger partial charge in [-0.3, -0.25) is 13.9 Å². The summed E-state index contributed by atoms with van der Waals surface area (Å²) in [4.78, 5) is 28.9. The summed E-state index contributed by atoms with van der Waals surface area (Å²) in [6.45, 7) is 4.06. The Balaban J connectivity index is 2.03. The Bertz CT molecular complexity index is 1350. The molecule has 0 radical (unpaired) electrons. The number of hydrogen-bond acceptors (Lipinski definition) is 4. The lowest BCUT2D eigenvalue weighted by Crippen LogP contribution is -2.53. The number of benzene rings is 3. The Morgan fingerprint density at radius 2 is 1.56 bits per heavy atom. The summed E-state index contributed by atoms with van der Waals surface area (Å²) >= 11 is 6.23. The van der Waals surface area contributed by atoms with Gasteiger partial charge in [0.1, 0.15) is 12.6 Å². The van der Waals surface area contributed by atoms with Crippen molar-refractivity contribution in [2.24, 2.45) is 0 Å². The van der Waals surface area contributed by atoms with Crippen molar-refractivity contribution in [3.8, 4) is 0 Å². The zero-order valence-electron chi connectivity index (χ0n) is 22.6. The third-order valence-corrected chi connectivity index (χ3v) is 7.75. The Kier molecular flexibility index (Phi) is 10.9.